The number of aromatic nitrogens is 1. The highest BCUT2D eigenvalue weighted by Gasteiger charge is 2.35. The summed E-state index contributed by atoms with van der Waals surface area (Å²) in [6.45, 7) is 2.39. The summed E-state index contributed by atoms with van der Waals surface area (Å²) in [5.74, 6) is -0.796. The zero-order valence-electron chi connectivity index (χ0n) is 18.4. The smallest absolute Gasteiger partial charge is 0.318 e. The first-order valence-electron chi connectivity index (χ1n) is 10.8. The molecular formula is C23H28N6O4. The van der Waals surface area contributed by atoms with Crippen LogP contribution in [0.5, 0.6) is 0 Å². The van der Waals surface area contributed by atoms with Crippen LogP contribution in [-0.2, 0) is 14.3 Å². The SMILES string of the molecule is CCOC(=O)CC(NC(=O)N1CCCC1C(=O)Nc1ccc(C(=N)N)cc1)c1cccnc1. The van der Waals surface area contributed by atoms with Gasteiger partial charge in [-0.25, -0.2) is 4.79 Å². The molecule has 2 atom stereocenters. The number of nitrogens with zero attached hydrogens (tertiary/aromatic N) is 2. The number of carbonyl (C=O) groups excluding carboxylic acids is 3. The number of nitrogens with one attached hydrogen (secondary N) is 3. The van der Waals surface area contributed by atoms with Crippen molar-refractivity contribution in [2.45, 2.75) is 38.3 Å². The molecule has 0 spiro atoms. The fourth-order valence-corrected chi connectivity index (χ4v) is 3.69. The van der Waals surface area contributed by atoms with Crippen LogP contribution >= 0.6 is 0 Å². The first-order chi connectivity index (χ1) is 15.9. The van der Waals surface area contributed by atoms with Crippen molar-refractivity contribution in [3.63, 3.8) is 0 Å². The second kappa shape index (κ2) is 11.1. The largest absolute Gasteiger partial charge is 0.466 e. The van der Waals surface area contributed by atoms with Crippen LogP contribution in [0.15, 0.2) is 48.8 Å². The van der Waals surface area contributed by atoms with E-state index in [0.717, 1.165) is 0 Å². The highest BCUT2D eigenvalue weighted by molar-refractivity contribution is 5.99. The van der Waals surface area contributed by atoms with Gasteiger partial charge < -0.3 is 26.0 Å². The van der Waals surface area contributed by atoms with Gasteiger partial charge in [-0.15, -0.1) is 0 Å². The molecule has 1 fully saturated rings. The van der Waals surface area contributed by atoms with Crippen LogP contribution < -0.4 is 16.4 Å². The number of hydrogen-bond acceptors (Lipinski definition) is 6. The van der Waals surface area contributed by atoms with Crippen molar-refractivity contribution in [3.05, 3.63) is 59.9 Å². The summed E-state index contributed by atoms with van der Waals surface area (Å²) in [6.07, 6.45) is 4.36. The molecule has 3 rings (SSSR count). The van der Waals surface area contributed by atoms with E-state index >= 15 is 0 Å². The summed E-state index contributed by atoms with van der Waals surface area (Å²) < 4.78 is 5.04. The molecule has 0 bridgehead atoms. The topological polar surface area (TPSA) is 150 Å². The summed E-state index contributed by atoms with van der Waals surface area (Å²) >= 11 is 0. The third-order valence-corrected chi connectivity index (χ3v) is 5.34. The number of nitrogens with two attached hydrogens (primary N) is 1. The van der Waals surface area contributed by atoms with Crippen LogP contribution in [0.2, 0.25) is 0 Å². The molecule has 10 heteroatoms. The third-order valence-electron chi connectivity index (χ3n) is 5.34. The van der Waals surface area contributed by atoms with E-state index in [9.17, 15) is 14.4 Å². The molecule has 1 saturated heterocycles. The monoisotopic (exact) mass is 452 g/mol. The van der Waals surface area contributed by atoms with Gasteiger partial charge in [0.25, 0.3) is 0 Å². The van der Waals surface area contributed by atoms with Crippen molar-refractivity contribution >= 4 is 29.4 Å². The van der Waals surface area contributed by atoms with E-state index in [1.54, 1.807) is 55.7 Å². The molecule has 2 unspecified atom stereocenters. The van der Waals surface area contributed by atoms with Crippen LogP contribution in [0, 0.1) is 5.41 Å². The molecule has 1 aromatic heterocycles. The number of nitrogen functional groups attached to an aromatic ring is 1. The summed E-state index contributed by atoms with van der Waals surface area (Å²) in [5.41, 5.74) is 7.23. The number of likely N-dealkylation sites (tertiary alicyclic amines) is 1. The Morgan fingerprint density at radius 1 is 1.27 bits per heavy atom. The lowest BCUT2D eigenvalue weighted by molar-refractivity contribution is -0.143. The van der Waals surface area contributed by atoms with Crippen LogP contribution in [0.1, 0.15) is 43.4 Å². The van der Waals surface area contributed by atoms with Crippen molar-refractivity contribution in [2.24, 2.45) is 5.73 Å². The summed E-state index contributed by atoms with van der Waals surface area (Å²) in [4.78, 5) is 43.6. The molecule has 3 amide bonds. The third kappa shape index (κ3) is 6.28. The maximum atomic E-state index is 13.1. The predicted octanol–water partition coefficient (Wildman–Crippen LogP) is 2.17. The van der Waals surface area contributed by atoms with E-state index in [1.165, 1.54) is 4.90 Å². The number of hydrogen-bond donors (Lipinski definition) is 4. The van der Waals surface area contributed by atoms with E-state index in [1.807, 2.05) is 0 Å². The molecule has 2 aromatic rings. The molecule has 1 aliphatic heterocycles. The molecule has 5 N–H and O–H groups in total. The molecule has 1 aromatic carbocycles. The van der Waals surface area contributed by atoms with E-state index < -0.39 is 24.1 Å². The van der Waals surface area contributed by atoms with Gasteiger partial charge in [-0.1, -0.05) is 6.07 Å². The minimum absolute atomic E-state index is 0.0432. The molecule has 10 nitrogen and oxygen atoms in total. The van der Waals surface area contributed by atoms with Gasteiger partial charge in [0.2, 0.25) is 5.91 Å². The lowest BCUT2D eigenvalue weighted by Gasteiger charge is -2.27. The average Bonchev–Trinajstić information content (AvgIpc) is 3.30. The fraction of sp³-hybridized carbons (Fsp3) is 0.348. The Hall–Kier alpha value is -3.95. The molecule has 1 aliphatic rings. The average molecular weight is 453 g/mol. The number of benzene rings is 1. The summed E-state index contributed by atoms with van der Waals surface area (Å²) in [5, 5.41) is 13.1. The number of ether oxygens (including phenoxy) is 1. The number of rotatable bonds is 8. The lowest BCUT2D eigenvalue weighted by atomic mass is 10.1. The number of anilines is 1. The maximum Gasteiger partial charge on any atom is 0.318 e. The zero-order valence-corrected chi connectivity index (χ0v) is 18.4. The van der Waals surface area contributed by atoms with Crippen molar-refractivity contribution in [2.75, 3.05) is 18.5 Å². The van der Waals surface area contributed by atoms with Gasteiger partial charge in [0.05, 0.1) is 19.1 Å². The zero-order chi connectivity index (χ0) is 23.8. The Kier molecular flexibility index (Phi) is 7.96. The van der Waals surface area contributed by atoms with E-state index in [2.05, 4.69) is 15.6 Å². The first-order valence-corrected chi connectivity index (χ1v) is 10.8. The normalized spacial score (nSPS) is 16.0. The standard InChI is InChI=1S/C23H28N6O4/c1-2-33-20(30)13-18(16-5-3-11-26-14-16)28-23(32)29-12-4-6-19(29)22(31)27-17-9-7-15(8-10-17)21(24)25/h3,5,7-11,14,18-19H,2,4,6,12-13H2,1H3,(H3,24,25)(H,27,31)(H,28,32). The molecule has 0 aliphatic carbocycles. The summed E-state index contributed by atoms with van der Waals surface area (Å²) in [7, 11) is 0. The van der Waals surface area contributed by atoms with Crippen LogP contribution in [0.3, 0.4) is 0 Å². The van der Waals surface area contributed by atoms with Gasteiger partial charge >= 0.3 is 12.0 Å². The minimum Gasteiger partial charge on any atom is -0.466 e. The number of amidine groups is 1. The van der Waals surface area contributed by atoms with Gasteiger partial charge in [-0.3, -0.25) is 20.0 Å². The Bertz CT molecular complexity index is 996. The second-order valence-electron chi connectivity index (χ2n) is 7.63. The second-order valence-corrected chi connectivity index (χ2v) is 7.63. The van der Waals surface area contributed by atoms with Gasteiger partial charge in [0.1, 0.15) is 11.9 Å². The van der Waals surface area contributed by atoms with E-state index in [4.69, 9.17) is 15.9 Å². The van der Waals surface area contributed by atoms with Crippen molar-refractivity contribution in [1.29, 1.82) is 5.41 Å². The molecule has 0 saturated carbocycles. The number of carbonyl (C=O) groups is 3. The highest BCUT2D eigenvalue weighted by Crippen LogP contribution is 2.22. The van der Waals surface area contributed by atoms with Crippen molar-refractivity contribution in [3.8, 4) is 0 Å². The molecule has 33 heavy (non-hydrogen) atoms. The first kappa shape index (κ1) is 23.7. The highest BCUT2D eigenvalue weighted by atomic mass is 16.5. The van der Waals surface area contributed by atoms with Crippen molar-refractivity contribution in [1.82, 2.24) is 15.2 Å². The number of amides is 3. The van der Waals surface area contributed by atoms with Crippen LogP contribution in [0.25, 0.3) is 0 Å². The molecule has 0 radical (unpaired) electrons. The lowest BCUT2D eigenvalue weighted by Crippen LogP contribution is -2.48. The van der Waals surface area contributed by atoms with E-state index in [0.29, 0.717) is 36.2 Å². The molecular weight excluding hydrogens is 424 g/mol. The fourth-order valence-electron chi connectivity index (χ4n) is 3.69. The summed E-state index contributed by atoms with van der Waals surface area (Å²) in [6, 6.07) is 8.40. The Labute approximate surface area is 192 Å². The van der Waals surface area contributed by atoms with Gasteiger partial charge in [-0.2, -0.15) is 0 Å². The Morgan fingerprint density at radius 2 is 2.03 bits per heavy atom. The molecule has 174 valence electrons. The van der Waals surface area contributed by atoms with Crippen molar-refractivity contribution < 1.29 is 19.1 Å². The van der Waals surface area contributed by atoms with Gasteiger partial charge in [0.15, 0.2) is 0 Å². The number of esters is 1. The van der Waals surface area contributed by atoms with Crippen LogP contribution in [-0.4, -0.2) is 52.8 Å². The number of pyridine rings is 1. The number of urea groups is 1. The van der Waals surface area contributed by atoms with Gasteiger partial charge in [-0.05, 0) is 55.7 Å². The molecule has 2 heterocycles. The minimum atomic E-state index is -0.644. The van der Waals surface area contributed by atoms with Gasteiger partial charge in [0, 0.05) is 30.2 Å². The van der Waals surface area contributed by atoms with E-state index in [-0.39, 0.29) is 24.8 Å². The maximum absolute atomic E-state index is 13.1. The Balaban J connectivity index is 1.68. The van der Waals surface area contributed by atoms with Crippen LogP contribution in [0.4, 0.5) is 10.5 Å². The predicted molar refractivity (Wildman–Crippen MR) is 123 cm³/mol. The Morgan fingerprint density at radius 3 is 2.67 bits per heavy atom. The quantitative estimate of drug-likeness (QED) is 0.274.